The molecule has 6 nitrogen and oxygen atoms in total. The normalized spacial score (nSPS) is 14.9. The Morgan fingerprint density at radius 3 is 3.00 bits per heavy atom. The molecule has 1 N–H and O–H groups in total. The lowest BCUT2D eigenvalue weighted by atomic mass is 9.94. The minimum atomic E-state index is 0.174. The Morgan fingerprint density at radius 1 is 1.25 bits per heavy atom. The van der Waals surface area contributed by atoms with E-state index in [4.69, 9.17) is 0 Å². The van der Waals surface area contributed by atoms with Crippen LogP contribution in [-0.4, -0.2) is 31.4 Å². The fraction of sp³-hybridized carbons (Fsp3) is 0.300. The molecule has 6 heteroatoms. The molecule has 80 valence electrons. The molecule has 0 aliphatic heterocycles. The van der Waals surface area contributed by atoms with Gasteiger partial charge in [-0.25, -0.2) is 4.98 Å². The molecule has 0 amide bonds. The summed E-state index contributed by atoms with van der Waals surface area (Å²) in [5.74, 6) is 0.634. The highest BCUT2D eigenvalue weighted by Crippen LogP contribution is 2.22. The number of carbonyl (C=O) groups is 1. The highest BCUT2D eigenvalue weighted by Gasteiger charge is 2.19. The molecule has 1 aliphatic rings. The van der Waals surface area contributed by atoms with E-state index in [1.807, 2.05) is 0 Å². The third-order valence-electron chi connectivity index (χ3n) is 2.67. The van der Waals surface area contributed by atoms with Gasteiger partial charge >= 0.3 is 0 Å². The van der Waals surface area contributed by atoms with E-state index in [-0.39, 0.29) is 5.78 Å². The van der Waals surface area contributed by atoms with E-state index in [1.54, 1.807) is 12.1 Å². The maximum Gasteiger partial charge on any atom is 0.222 e. The second-order valence-corrected chi connectivity index (χ2v) is 3.70. The topological polar surface area (TPSA) is 84.4 Å². The van der Waals surface area contributed by atoms with Gasteiger partial charge in [0.05, 0.1) is 5.69 Å². The fourth-order valence-corrected chi connectivity index (χ4v) is 1.89. The van der Waals surface area contributed by atoms with Crippen molar-refractivity contribution in [3.05, 3.63) is 23.4 Å². The Morgan fingerprint density at radius 2 is 2.19 bits per heavy atom. The van der Waals surface area contributed by atoms with Gasteiger partial charge in [0.25, 0.3) is 0 Å². The van der Waals surface area contributed by atoms with Crippen molar-refractivity contribution in [2.75, 3.05) is 0 Å². The Kier molecular flexibility index (Phi) is 1.99. The third kappa shape index (κ3) is 1.39. The van der Waals surface area contributed by atoms with Gasteiger partial charge in [0.1, 0.15) is 5.69 Å². The van der Waals surface area contributed by atoms with E-state index in [1.165, 1.54) is 0 Å². The molecule has 0 saturated carbocycles. The zero-order chi connectivity index (χ0) is 11.0. The van der Waals surface area contributed by atoms with E-state index >= 15 is 0 Å². The van der Waals surface area contributed by atoms with Crippen LogP contribution in [0.2, 0.25) is 0 Å². The average molecular weight is 215 g/mol. The Balaban J connectivity index is 2.08. The number of aromatic nitrogens is 5. The van der Waals surface area contributed by atoms with Gasteiger partial charge in [-0.1, -0.05) is 0 Å². The highest BCUT2D eigenvalue weighted by molar-refractivity contribution is 5.98. The Hall–Kier alpha value is -2.11. The van der Waals surface area contributed by atoms with Crippen molar-refractivity contribution in [3.63, 3.8) is 0 Å². The minimum absolute atomic E-state index is 0.174. The van der Waals surface area contributed by atoms with Crippen molar-refractivity contribution >= 4 is 5.78 Å². The number of fused-ring (bicyclic) bond motifs is 1. The van der Waals surface area contributed by atoms with E-state index in [2.05, 4.69) is 25.6 Å². The van der Waals surface area contributed by atoms with Gasteiger partial charge < -0.3 is 0 Å². The molecule has 0 saturated heterocycles. The molecule has 2 aromatic heterocycles. The van der Waals surface area contributed by atoms with Crippen LogP contribution in [-0.2, 0) is 6.42 Å². The predicted molar refractivity (Wildman–Crippen MR) is 54.7 cm³/mol. The number of pyridine rings is 1. The molecule has 0 bridgehead atoms. The fourth-order valence-electron chi connectivity index (χ4n) is 1.89. The second kappa shape index (κ2) is 3.48. The number of aryl methyl sites for hydroxylation is 1. The van der Waals surface area contributed by atoms with Crippen molar-refractivity contribution in [3.8, 4) is 11.5 Å². The van der Waals surface area contributed by atoms with Crippen LogP contribution in [0.1, 0.15) is 28.9 Å². The summed E-state index contributed by atoms with van der Waals surface area (Å²) in [6.07, 6.45) is 2.33. The van der Waals surface area contributed by atoms with Crippen molar-refractivity contribution in [2.24, 2.45) is 0 Å². The standard InChI is InChI=1S/C10H9N5O/c16-9-3-1-2-7-6(9)4-5-8(11-7)10-12-14-15-13-10/h4-5H,1-3H2,(H,12,13,14,15). The van der Waals surface area contributed by atoms with Crippen LogP contribution in [0.15, 0.2) is 12.1 Å². The summed E-state index contributed by atoms with van der Waals surface area (Å²) >= 11 is 0. The zero-order valence-electron chi connectivity index (χ0n) is 8.47. The second-order valence-electron chi connectivity index (χ2n) is 3.70. The van der Waals surface area contributed by atoms with Crippen LogP contribution < -0.4 is 0 Å². The van der Waals surface area contributed by atoms with Crippen LogP contribution in [0.5, 0.6) is 0 Å². The number of aromatic amines is 1. The van der Waals surface area contributed by atoms with E-state index in [0.717, 1.165) is 24.1 Å². The molecule has 0 spiro atoms. The molecule has 0 radical (unpaired) electrons. The van der Waals surface area contributed by atoms with Gasteiger partial charge in [0, 0.05) is 12.0 Å². The largest absolute Gasteiger partial charge is 0.294 e. The molecular weight excluding hydrogens is 206 g/mol. The van der Waals surface area contributed by atoms with Gasteiger partial charge in [0.15, 0.2) is 5.78 Å². The number of carbonyl (C=O) groups excluding carboxylic acids is 1. The molecule has 0 unspecified atom stereocenters. The lowest BCUT2D eigenvalue weighted by Gasteiger charge is -2.13. The number of tetrazole rings is 1. The molecule has 0 fully saturated rings. The van der Waals surface area contributed by atoms with Crippen LogP contribution >= 0.6 is 0 Å². The molecule has 0 atom stereocenters. The first kappa shape index (κ1) is 9.14. The van der Waals surface area contributed by atoms with Crippen molar-refractivity contribution in [2.45, 2.75) is 19.3 Å². The van der Waals surface area contributed by atoms with Crippen LogP contribution in [0, 0.1) is 0 Å². The highest BCUT2D eigenvalue weighted by atomic mass is 16.1. The molecule has 1 aliphatic carbocycles. The lowest BCUT2D eigenvalue weighted by molar-refractivity contribution is 0.0971. The number of H-pyrrole nitrogens is 1. The number of nitrogens with zero attached hydrogens (tertiary/aromatic N) is 4. The molecule has 3 rings (SSSR count). The van der Waals surface area contributed by atoms with Gasteiger partial charge in [-0.15, -0.1) is 10.2 Å². The number of nitrogens with one attached hydrogen (secondary N) is 1. The van der Waals surface area contributed by atoms with Crippen LogP contribution in [0.25, 0.3) is 11.5 Å². The number of ketones is 1. The minimum Gasteiger partial charge on any atom is -0.294 e. The summed E-state index contributed by atoms with van der Waals surface area (Å²) in [6, 6.07) is 3.56. The van der Waals surface area contributed by atoms with Crippen LogP contribution in [0.3, 0.4) is 0 Å². The Labute approximate surface area is 91.1 Å². The van der Waals surface area contributed by atoms with Gasteiger partial charge in [-0.05, 0) is 30.2 Å². The monoisotopic (exact) mass is 215 g/mol. The smallest absolute Gasteiger partial charge is 0.222 e. The summed E-state index contributed by atoms with van der Waals surface area (Å²) in [6.45, 7) is 0. The first-order valence-electron chi connectivity index (χ1n) is 5.11. The number of hydrogen-bond donors (Lipinski definition) is 1. The summed E-state index contributed by atoms with van der Waals surface area (Å²) in [4.78, 5) is 16.0. The van der Waals surface area contributed by atoms with Gasteiger partial charge in [-0.2, -0.15) is 5.21 Å². The lowest BCUT2D eigenvalue weighted by Crippen LogP contribution is -2.12. The van der Waals surface area contributed by atoms with Crippen molar-refractivity contribution in [1.29, 1.82) is 0 Å². The molecular formula is C10H9N5O. The van der Waals surface area contributed by atoms with Gasteiger partial charge in [0.2, 0.25) is 5.82 Å². The number of Topliss-reactive ketones (excluding diaryl/α,β-unsaturated/α-hetero) is 1. The third-order valence-corrected chi connectivity index (χ3v) is 2.67. The van der Waals surface area contributed by atoms with E-state index < -0.39 is 0 Å². The maximum absolute atomic E-state index is 11.6. The predicted octanol–water partition coefficient (Wildman–Crippen LogP) is 0.781. The number of rotatable bonds is 1. The molecule has 2 heterocycles. The van der Waals surface area contributed by atoms with Crippen molar-refractivity contribution < 1.29 is 4.79 Å². The number of hydrogen-bond acceptors (Lipinski definition) is 5. The van der Waals surface area contributed by atoms with Gasteiger partial charge in [-0.3, -0.25) is 4.79 Å². The van der Waals surface area contributed by atoms with Crippen molar-refractivity contribution in [1.82, 2.24) is 25.6 Å². The van der Waals surface area contributed by atoms with E-state index in [0.29, 0.717) is 17.9 Å². The SMILES string of the molecule is O=C1CCCc2nc(-c3nn[nH]n3)ccc21. The van der Waals surface area contributed by atoms with Crippen LogP contribution in [0.4, 0.5) is 0 Å². The molecule has 16 heavy (non-hydrogen) atoms. The first-order chi connectivity index (χ1) is 7.84. The van der Waals surface area contributed by atoms with E-state index in [9.17, 15) is 4.79 Å². The Bertz CT molecular complexity index is 534. The summed E-state index contributed by atoms with van der Waals surface area (Å²) in [7, 11) is 0. The summed E-state index contributed by atoms with van der Waals surface area (Å²) < 4.78 is 0. The summed E-state index contributed by atoms with van der Waals surface area (Å²) in [5.41, 5.74) is 2.24. The molecule has 2 aromatic rings. The molecule has 0 aromatic carbocycles. The average Bonchev–Trinajstić information content (AvgIpc) is 2.82. The zero-order valence-corrected chi connectivity index (χ0v) is 8.47. The quantitative estimate of drug-likeness (QED) is 0.759. The maximum atomic E-state index is 11.6. The first-order valence-corrected chi connectivity index (χ1v) is 5.11. The summed E-state index contributed by atoms with van der Waals surface area (Å²) in [5, 5.41) is 13.6.